The van der Waals surface area contributed by atoms with E-state index in [0.29, 0.717) is 6.04 Å². The molecule has 1 N–H and O–H groups in total. The third-order valence-corrected chi connectivity index (χ3v) is 5.12. The van der Waals surface area contributed by atoms with Crippen LogP contribution in [0, 0.1) is 0 Å². The first-order chi connectivity index (χ1) is 9.33. The average Bonchev–Trinajstić information content (AvgIpc) is 2.87. The fourth-order valence-electron chi connectivity index (χ4n) is 3.87. The maximum Gasteiger partial charge on any atom is 0.0480 e. The first-order valence-corrected chi connectivity index (χ1v) is 8.12. The summed E-state index contributed by atoms with van der Waals surface area (Å²) in [7, 11) is 0. The molecule has 4 heteroatoms. The van der Waals surface area contributed by atoms with Crippen molar-refractivity contribution < 1.29 is 4.74 Å². The molecule has 3 saturated heterocycles. The summed E-state index contributed by atoms with van der Waals surface area (Å²) < 4.78 is 5.40. The number of nitrogens with zero attached hydrogens (tertiary/aromatic N) is 2. The lowest BCUT2D eigenvalue weighted by atomic mass is 10.1. The van der Waals surface area contributed by atoms with Crippen LogP contribution in [0.15, 0.2) is 0 Å². The second-order valence-electron chi connectivity index (χ2n) is 6.48. The van der Waals surface area contributed by atoms with E-state index in [-0.39, 0.29) is 0 Å². The molecule has 0 bridgehead atoms. The van der Waals surface area contributed by atoms with Gasteiger partial charge in [-0.15, -0.1) is 0 Å². The van der Waals surface area contributed by atoms with E-state index in [2.05, 4.69) is 22.0 Å². The topological polar surface area (TPSA) is 27.7 Å². The van der Waals surface area contributed by atoms with E-state index in [1.165, 1.54) is 51.9 Å². The van der Waals surface area contributed by atoms with E-state index < -0.39 is 0 Å². The predicted molar refractivity (Wildman–Crippen MR) is 77.5 cm³/mol. The second-order valence-corrected chi connectivity index (χ2v) is 6.48. The molecule has 0 radical (unpaired) electrons. The highest BCUT2D eigenvalue weighted by atomic mass is 16.5. The molecule has 0 saturated carbocycles. The van der Waals surface area contributed by atoms with Gasteiger partial charge < -0.3 is 10.1 Å². The molecule has 0 aromatic rings. The molecular formula is C15H29N3O. The van der Waals surface area contributed by atoms with Gasteiger partial charge in [0.15, 0.2) is 0 Å². The van der Waals surface area contributed by atoms with Gasteiger partial charge >= 0.3 is 0 Å². The fraction of sp³-hybridized carbons (Fsp3) is 1.00. The number of fused-ring (bicyclic) bond motifs is 1. The Bertz CT molecular complexity index is 281. The minimum Gasteiger partial charge on any atom is -0.381 e. The van der Waals surface area contributed by atoms with Crippen molar-refractivity contribution in [3.63, 3.8) is 0 Å². The molecule has 3 aliphatic heterocycles. The van der Waals surface area contributed by atoms with Gasteiger partial charge in [-0.05, 0) is 39.2 Å². The summed E-state index contributed by atoms with van der Waals surface area (Å²) in [6.07, 6.45) is 5.19. The lowest BCUT2D eigenvalue weighted by molar-refractivity contribution is 0.0549. The Kier molecular flexibility index (Phi) is 4.74. The maximum atomic E-state index is 5.40. The molecule has 2 unspecified atom stereocenters. The molecule has 0 aliphatic carbocycles. The first kappa shape index (κ1) is 13.8. The Balaban J connectivity index is 1.39. The van der Waals surface area contributed by atoms with Crippen LogP contribution in [-0.4, -0.2) is 73.9 Å². The van der Waals surface area contributed by atoms with E-state index in [1.54, 1.807) is 0 Å². The summed E-state index contributed by atoms with van der Waals surface area (Å²) in [6.45, 7) is 10.5. The lowest BCUT2D eigenvalue weighted by Crippen LogP contribution is -2.56. The summed E-state index contributed by atoms with van der Waals surface area (Å²) in [4.78, 5) is 5.39. The van der Waals surface area contributed by atoms with Gasteiger partial charge in [-0.3, -0.25) is 9.80 Å². The van der Waals surface area contributed by atoms with Crippen molar-refractivity contribution in [2.24, 2.45) is 0 Å². The third-order valence-electron chi connectivity index (χ3n) is 5.12. The van der Waals surface area contributed by atoms with Crippen molar-refractivity contribution >= 4 is 0 Å². The zero-order valence-corrected chi connectivity index (χ0v) is 12.3. The van der Waals surface area contributed by atoms with Crippen LogP contribution in [0.5, 0.6) is 0 Å². The average molecular weight is 267 g/mol. The third kappa shape index (κ3) is 3.48. The number of rotatable bonds is 4. The van der Waals surface area contributed by atoms with Gasteiger partial charge in [0, 0.05) is 57.5 Å². The highest BCUT2D eigenvalue weighted by Gasteiger charge is 2.33. The number of hydrogen-bond donors (Lipinski definition) is 1. The van der Waals surface area contributed by atoms with Crippen LogP contribution in [0.25, 0.3) is 0 Å². The molecule has 3 fully saturated rings. The molecule has 0 aromatic heterocycles. The van der Waals surface area contributed by atoms with Gasteiger partial charge in [-0.1, -0.05) is 0 Å². The molecular weight excluding hydrogens is 238 g/mol. The lowest BCUT2D eigenvalue weighted by Gasteiger charge is -2.42. The van der Waals surface area contributed by atoms with Crippen LogP contribution in [0.1, 0.15) is 32.6 Å². The molecule has 3 heterocycles. The van der Waals surface area contributed by atoms with E-state index in [9.17, 15) is 0 Å². The van der Waals surface area contributed by atoms with Crippen molar-refractivity contribution in [1.82, 2.24) is 15.1 Å². The molecule has 0 amide bonds. The largest absolute Gasteiger partial charge is 0.381 e. The Morgan fingerprint density at radius 2 is 2.00 bits per heavy atom. The quantitative estimate of drug-likeness (QED) is 0.820. The number of ether oxygens (including phenoxy) is 1. The molecule has 3 aliphatic rings. The molecule has 4 nitrogen and oxygen atoms in total. The van der Waals surface area contributed by atoms with Crippen molar-refractivity contribution in [3.05, 3.63) is 0 Å². The zero-order valence-electron chi connectivity index (χ0n) is 12.3. The molecule has 110 valence electrons. The summed E-state index contributed by atoms with van der Waals surface area (Å²) in [6, 6.07) is 2.27. The summed E-state index contributed by atoms with van der Waals surface area (Å²) in [5.74, 6) is 0. The fourth-order valence-corrected chi connectivity index (χ4v) is 3.87. The Morgan fingerprint density at radius 3 is 2.84 bits per heavy atom. The maximum absolute atomic E-state index is 5.40. The summed E-state index contributed by atoms with van der Waals surface area (Å²) in [5, 5.41) is 3.71. The Labute approximate surface area is 117 Å². The van der Waals surface area contributed by atoms with Crippen LogP contribution in [0.3, 0.4) is 0 Å². The molecule has 2 atom stereocenters. The Hall–Kier alpha value is -0.160. The van der Waals surface area contributed by atoms with Crippen molar-refractivity contribution in [1.29, 1.82) is 0 Å². The van der Waals surface area contributed by atoms with Gasteiger partial charge in [0.25, 0.3) is 0 Å². The molecule has 0 spiro atoms. The van der Waals surface area contributed by atoms with Crippen LogP contribution in [0.4, 0.5) is 0 Å². The number of piperazine rings is 1. The van der Waals surface area contributed by atoms with Crippen LogP contribution >= 0.6 is 0 Å². The molecule has 19 heavy (non-hydrogen) atoms. The minimum absolute atomic E-state index is 0.692. The molecule has 3 rings (SSSR count). The van der Waals surface area contributed by atoms with Crippen LogP contribution in [-0.2, 0) is 4.74 Å². The normalized spacial score (nSPS) is 34.6. The smallest absolute Gasteiger partial charge is 0.0480 e. The van der Waals surface area contributed by atoms with E-state index in [4.69, 9.17) is 4.74 Å². The predicted octanol–water partition coefficient (Wildman–Crippen LogP) is 0.924. The first-order valence-electron chi connectivity index (χ1n) is 8.12. The number of hydrogen-bond acceptors (Lipinski definition) is 4. The van der Waals surface area contributed by atoms with E-state index >= 15 is 0 Å². The van der Waals surface area contributed by atoms with Crippen molar-refractivity contribution in [2.75, 3.05) is 45.9 Å². The standard InChI is InChI=1S/C15H29N3O/c1-13-11-18-7-2-3-15(18)12-17(13)8-6-16-14-4-9-19-10-5-14/h13-16H,2-12H2,1H3. The van der Waals surface area contributed by atoms with Crippen molar-refractivity contribution in [3.8, 4) is 0 Å². The van der Waals surface area contributed by atoms with Crippen molar-refractivity contribution in [2.45, 2.75) is 50.7 Å². The Morgan fingerprint density at radius 1 is 1.16 bits per heavy atom. The highest BCUT2D eigenvalue weighted by molar-refractivity contribution is 4.90. The number of nitrogens with one attached hydrogen (secondary N) is 1. The van der Waals surface area contributed by atoms with Gasteiger partial charge in [-0.25, -0.2) is 0 Å². The van der Waals surface area contributed by atoms with E-state index in [1.807, 2.05) is 0 Å². The monoisotopic (exact) mass is 267 g/mol. The minimum atomic E-state index is 0.692. The SMILES string of the molecule is CC1CN2CCCC2CN1CCNC1CCOCC1. The highest BCUT2D eigenvalue weighted by Crippen LogP contribution is 2.24. The zero-order chi connectivity index (χ0) is 13.1. The summed E-state index contributed by atoms with van der Waals surface area (Å²) in [5.41, 5.74) is 0. The van der Waals surface area contributed by atoms with Gasteiger partial charge in [0.2, 0.25) is 0 Å². The molecule has 0 aromatic carbocycles. The second kappa shape index (κ2) is 6.53. The van der Waals surface area contributed by atoms with E-state index in [0.717, 1.165) is 31.8 Å². The van der Waals surface area contributed by atoms with Gasteiger partial charge in [0.1, 0.15) is 0 Å². The van der Waals surface area contributed by atoms with Gasteiger partial charge in [-0.2, -0.15) is 0 Å². The van der Waals surface area contributed by atoms with Crippen LogP contribution in [0.2, 0.25) is 0 Å². The van der Waals surface area contributed by atoms with Crippen LogP contribution < -0.4 is 5.32 Å². The van der Waals surface area contributed by atoms with Gasteiger partial charge in [0.05, 0.1) is 0 Å². The summed E-state index contributed by atoms with van der Waals surface area (Å²) >= 11 is 0.